The van der Waals surface area contributed by atoms with Crippen LogP contribution < -0.4 is 0 Å². The summed E-state index contributed by atoms with van der Waals surface area (Å²) in [6.07, 6.45) is 0.973. The third-order valence-corrected chi connectivity index (χ3v) is 9.10. The van der Waals surface area contributed by atoms with Gasteiger partial charge in [0.25, 0.3) is 0 Å². The molecule has 1 heterocycles. The van der Waals surface area contributed by atoms with Crippen LogP contribution in [0.25, 0.3) is 0 Å². The van der Waals surface area contributed by atoms with E-state index < -0.39 is 12.0 Å². The lowest BCUT2D eigenvalue weighted by molar-refractivity contribution is -0.155. The fraction of sp³-hybridized carbons (Fsp3) is 0.500. The minimum absolute atomic E-state index is 0.0898. The van der Waals surface area contributed by atoms with Crippen LogP contribution in [0.3, 0.4) is 0 Å². The van der Waals surface area contributed by atoms with Crippen molar-refractivity contribution in [2.75, 3.05) is 0 Å². The third-order valence-electron chi connectivity index (χ3n) is 5.89. The number of amides is 2. The first-order chi connectivity index (χ1) is 11.9. The number of imide groups is 1. The zero-order chi connectivity index (χ0) is 17.9. The van der Waals surface area contributed by atoms with Gasteiger partial charge in [-0.1, -0.05) is 62.2 Å². The quantitative estimate of drug-likeness (QED) is 0.541. The molecular weight excluding hydrogens is 454 g/mol. The Morgan fingerprint density at radius 1 is 1.08 bits per heavy atom. The van der Waals surface area contributed by atoms with Gasteiger partial charge in [0.2, 0.25) is 11.8 Å². The number of carbonyl (C=O) groups is 3. The van der Waals surface area contributed by atoms with Crippen LogP contribution >= 0.6 is 31.9 Å². The Balaban J connectivity index is 1.65. The maximum atomic E-state index is 13.0. The molecule has 2 saturated carbocycles. The third kappa shape index (κ3) is 2.50. The van der Waals surface area contributed by atoms with E-state index in [2.05, 4.69) is 31.9 Å². The van der Waals surface area contributed by atoms with Crippen LogP contribution in [0.5, 0.6) is 0 Å². The van der Waals surface area contributed by atoms with Crippen molar-refractivity contribution in [1.82, 2.24) is 4.90 Å². The number of carboxylic acid groups (broad SMARTS) is 1. The first kappa shape index (κ1) is 17.2. The van der Waals surface area contributed by atoms with Crippen molar-refractivity contribution in [1.29, 1.82) is 0 Å². The molecule has 4 rings (SSSR count). The van der Waals surface area contributed by atoms with E-state index in [9.17, 15) is 19.5 Å². The zero-order valence-corrected chi connectivity index (χ0v) is 16.4. The lowest BCUT2D eigenvalue weighted by Crippen LogP contribution is -2.47. The first-order valence-electron chi connectivity index (χ1n) is 8.33. The van der Waals surface area contributed by atoms with Gasteiger partial charge in [0.15, 0.2) is 0 Å². The van der Waals surface area contributed by atoms with E-state index in [0.717, 1.165) is 16.9 Å². The summed E-state index contributed by atoms with van der Waals surface area (Å²) in [4.78, 5) is 39.1. The van der Waals surface area contributed by atoms with E-state index in [4.69, 9.17) is 0 Å². The monoisotopic (exact) mass is 469 g/mol. The molecular formula is C18H17Br2NO4. The zero-order valence-electron chi connectivity index (χ0n) is 13.2. The number of carboxylic acids is 1. The van der Waals surface area contributed by atoms with E-state index in [-0.39, 0.29) is 51.6 Å². The topological polar surface area (TPSA) is 74.7 Å². The number of likely N-dealkylation sites (tertiary alicyclic amines) is 1. The van der Waals surface area contributed by atoms with E-state index in [0.29, 0.717) is 0 Å². The number of alkyl halides is 2. The van der Waals surface area contributed by atoms with Crippen molar-refractivity contribution in [3.05, 3.63) is 35.9 Å². The predicted octanol–water partition coefficient (Wildman–Crippen LogP) is 2.46. The summed E-state index contributed by atoms with van der Waals surface area (Å²) < 4.78 is 0. The van der Waals surface area contributed by atoms with Crippen LogP contribution in [-0.2, 0) is 20.8 Å². The Labute approximate surface area is 162 Å². The molecule has 132 valence electrons. The summed E-state index contributed by atoms with van der Waals surface area (Å²) >= 11 is 7.28. The molecule has 0 radical (unpaired) electrons. The molecule has 1 aromatic carbocycles. The fourth-order valence-corrected chi connectivity index (χ4v) is 6.68. The largest absolute Gasteiger partial charge is 0.480 e. The molecule has 1 aromatic rings. The summed E-state index contributed by atoms with van der Waals surface area (Å²) in [5, 5.41) is 9.68. The molecule has 25 heavy (non-hydrogen) atoms. The van der Waals surface area contributed by atoms with Gasteiger partial charge < -0.3 is 5.11 Å². The maximum Gasteiger partial charge on any atom is 0.327 e. The summed E-state index contributed by atoms with van der Waals surface area (Å²) in [7, 11) is 0. The fourth-order valence-electron chi connectivity index (χ4n) is 4.81. The van der Waals surface area contributed by atoms with Crippen molar-refractivity contribution < 1.29 is 19.5 Å². The molecule has 5 nitrogen and oxygen atoms in total. The number of aliphatic carboxylic acids is 1. The minimum atomic E-state index is -1.14. The van der Waals surface area contributed by atoms with E-state index in [1.54, 1.807) is 0 Å². The lowest BCUT2D eigenvalue weighted by atomic mass is 9.81. The summed E-state index contributed by atoms with van der Waals surface area (Å²) in [6.45, 7) is 0. The smallest absolute Gasteiger partial charge is 0.327 e. The Morgan fingerprint density at radius 2 is 1.60 bits per heavy atom. The van der Waals surface area contributed by atoms with Gasteiger partial charge in [0.05, 0.1) is 11.8 Å². The molecule has 2 bridgehead atoms. The van der Waals surface area contributed by atoms with Gasteiger partial charge in [0.1, 0.15) is 6.04 Å². The minimum Gasteiger partial charge on any atom is -0.480 e. The number of carbonyl (C=O) groups excluding carboxylic acids is 2. The molecule has 3 fully saturated rings. The number of nitrogens with zero attached hydrogens (tertiary/aromatic N) is 1. The van der Waals surface area contributed by atoms with Crippen LogP contribution in [-0.4, -0.2) is 43.5 Å². The van der Waals surface area contributed by atoms with Gasteiger partial charge in [-0.05, 0) is 23.8 Å². The van der Waals surface area contributed by atoms with E-state index in [1.807, 2.05) is 30.3 Å². The van der Waals surface area contributed by atoms with E-state index in [1.165, 1.54) is 0 Å². The average molecular weight is 471 g/mol. The second kappa shape index (κ2) is 6.20. The van der Waals surface area contributed by atoms with E-state index >= 15 is 0 Å². The van der Waals surface area contributed by atoms with Gasteiger partial charge in [-0.15, -0.1) is 0 Å². The van der Waals surface area contributed by atoms with Crippen molar-refractivity contribution in [2.45, 2.75) is 28.5 Å². The van der Waals surface area contributed by atoms with Gasteiger partial charge >= 0.3 is 5.97 Å². The SMILES string of the molecule is O=C(O)[C@H](Cc1ccccc1)N1C(=O)[C@@H]2[C@H]3C[C@@H]([C@H](Br)[C@H]3Br)[C@H]2C1=O. The number of fused-ring (bicyclic) bond motifs is 5. The van der Waals surface area contributed by atoms with Crippen molar-refractivity contribution >= 4 is 49.6 Å². The van der Waals surface area contributed by atoms with Crippen LogP contribution in [0.2, 0.25) is 0 Å². The number of rotatable bonds is 4. The van der Waals surface area contributed by atoms with Crippen LogP contribution in [0.1, 0.15) is 12.0 Å². The van der Waals surface area contributed by atoms with Gasteiger partial charge in [-0.3, -0.25) is 14.5 Å². The molecule has 0 spiro atoms. The van der Waals surface area contributed by atoms with Gasteiger partial charge in [-0.25, -0.2) is 4.79 Å². The number of halogens is 2. The molecule has 1 N–H and O–H groups in total. The Morgan fingerprint density at radius 3 is 2.08 bits per heavy atom. The number of benzene rings is 1. The molecule has 2 amide bonds. The van der Waals surface area contributed by atoms with Crippen LogP contribution in [0.4, 0.5) is 0 Å². The molecule has 2 aliphatic carbocycles. The van der Waals surface area contributed by atoms with Crippen LogP contribution in [0, 0.1) is 23.7 Å². The Kier molecular flexibility index (Phi) is 4.27. The predicted molar refractivity (Wildman–Crippen MR) is 97.4 cm³/mol. The van der Waals surface area contributed by atoms with Crippen LogP contribution in [0.15, 0.2) is 30.3 Å². The Bertz CT molecular complexity index is 708. The highest BCUT2D eigenvalue weighted by atomic mass is 79.9. The number of hydrogen-bond acceptors (Lipinski definition) is 3. The molecule has 7 heteroatoms. The highest BCUT2D eigenvalue weighted by Gasteiger charge is 2.67. The molecule has 3 aliphatic rings. The summed E-state index contributed by atoms with van der Waals surface area (Å²) in [5.74, 6) is -2.34. The highest BCUT2D eigenvalue weighted by Crippen LogP contribution is 2.60. The molecule has 0 unspecified atom stereocenters. The lowest BCUT2D eigenvalue weighted by Gasteiger charge is -2.28. The number of hydrogen-bond donors (Lipinski definition) is 1. The standard InChI is InChI=1S/C18H17Br2NO4/c19-14-9-7-10(15(14)20)13-12(9)16(22)21(17(13)23)11(18(24)25)6-8-4-2-1-3-5-8/h1-5,9-15H,6-7H2,(H,24,25)/t9-,10-,11+,12-,13-,14+,15+/m1/s1. The van der Waals surface area contributed by atoms with Crippen molar-refractivity contribution in [3.8, 4) is 0 Å². The maximum absolute atomic E-state index is 13.0. The molecule has 1 saturated heterocycles. The second-order valence-corrected chi connectivity index (χ2v) is 9.21. The van der Waals surface area contributed by atoms with Crippen molar-refractivity contribution in [3.63, 3.8) is 0 Å². The molecule has 7 atom stereocenters. The molecule has 1 aliphatic heterocycles. The highest BCUT2D eigenvalue weighted by molar-refractivity contribution is 9.12. The van der Waals surface area contributed by atoms with Gasteiger partial charge in [-0.2, -0.15) is 0 Å². The second-order valence-electron chi connectivity index (χ2n) is 7.09. The summed E-state index contributed by atoms with van der Waals surface area (Å²) in [5.41, 5.74) is 0.798. The Hall–Kier alpha value is -1.21. The summed E-state index contributed by atoms with van der Waals surface area (Å²) in [6, 6.07) is 7.97. The molecule has 0 aromatic heterocycles. The normalized spacial score (nSPS) is 37.4. The van der Waals surface area contributed by atoms with Crippen molar-refractivity contribution in [2.24, 2.45) is 23.7 Å². The average Bonchev–Trinajstić information content (AvgIpc) is 3.19. The first-order valence-corrected chi connectivity index (χ1v) is 10.2. The van der Waals surface area contributed by atoms with Gasteiger partial charge in [0, 0.05) is 16.1 Å².